The van der Waals surface area contributed by atoms with E-state index in [0.29, 0.717) is 22.9 Å². The van der Waals surface area contributed by atoms with E-state index >= 15 is 0 Å². The normalized spacial score (nSPS) is 11.6. The Balaban J connectivity index is 1.70. The van der Waals surface area contributed by atoms with Crippen LogP contribution in [0.1, 0.15) is 18.9 Å². The maximum Gasteiger partial charge on any atom is 0.417 e. The molecule has 0 unspecified atom stereocenters. The van der Waals surface area contributed by atoms with Crippen LogP contribution in [0.3, 0.4) is 0 Å². The van der Waals surface area contributed by atoms with Crippen LogP contribution in [0.5, 0.6) is 0 Å². The van der Waals surface area contributed by atoms with Gasteiger partial charge in [0.25, 0.3) is 5.89 Å². The van der Waals surface area contributed by atoms with Crippen LogP contribution in [0.25, 0.3) is 34.0 Å². The van der Waals surface area contributed by atoms with E-state index in [1.54, 1.807) is 6.07 Å². The molecule has 10 heteroatoms. The number of pyridine rings is 1. The molecule has 0 spiro atoms. The minimum atomic E-state index is -4.73. The largest absolute Gasteiger partial charge is 0.417 e. The van der Waals surface area contributed by atoms with Crippen LogP contribution in [0.2, 0.25) is 5.02 Å². The molecule has 0 radical (unpaired) electrons. The quantitative estimate of drug-likeness (QED) is 0.301. The molecule has 0 bridgehead atoms. The van der Waals surface area contributed by atoms with Gasteiger partial charge in [-0.25, -0.2) is 9.37 Å². The van der Waals surface area contributed by atoms with Crippen molar-refractivity contribution in [2.75, 3.05) is 11.9 Å². The summed E-state index contributed by atoms with van der Waals surface area (Å²) in [6.07, 6.45) is -2.35. The van der Waals surface area contributed by atoms with E-state index in [-0.39, 0.29) is 28.4 Å². The molecule has 0 atom stereocenters. The first-order valence-electron chi connectivity index (χ1n) is 9.98. The average molecular weight is 477 g/mol. The Morgan fingerprint density at radius 2 is 1.82 bits per heavy atom. The Morgan fingerprint density at radius 3 is 2.52 bits per heavy atom. The Bertz CT molecular complexity index is 1290. The van der Waals surface area contributed by atoms with Gasteiger partial charge in [-0.05, 0) is 36.2 Å². The molecule has 0 amide bonds. The van der Waals surface area contributed by atoms with Gasteiger partial charge in [0, 0.05) is 29.4 Å². The third-order valence-electron chi connectivity index (χ3n) is 4.80. The summed E-state index contributed by atoms with van der Waals surface area (Å²) in [6, 6.07) is 10.3. The molecule has 0 fully saturated rings. The third-order valence-corrected chi connectivity index (χ3v) is 5.09. The predicted octanol–water partition coefficient (Wildman–Crippen LogP) is 7.10. The molecule has 0 aliphatic rings. The molecule has 4 rings (SSSR count). The van der Waals surface area contributed by atoms with E-state index in [9.17, 15) is 17.6 Å². The summed E-state index contributed by atoms with van der Waals surface area (Å²) in [4.78, 5) is 8.41. The van der Waals surface area contributed by atoms with E-state index in [0.717, 1.165) is 18.6 Å². The number of alkyl halides is 3. The van der Waals surface area contributed by atoms with Gasteiger partial charge in [-0.2, -0.15) is 18.2 Å². The van der Waals surface area contributed by atoms with Gasteiger partial charge in [-0.1, -0.05) is 47.9 Å². The summed E-state index contributed by atoms with van der Waals surface area (Å²) in [5.41, 5.74) is -0.964. The molecule has 2 heterocycles. The van der Waals surface area contributed by atoms with Crippen molar-refractivity contribution >= 4 is 17.4 Å². The van der Waals surface area contributed by atoms with Gasteiger partial charge in [0.15, 0.2) is 0 Å². The molecule has 5 nitrogen and oxygen atoms in total. The highest BCUT2D eigenvalue weighted by molar-refractivity contribution is 6.33. The van der Waals surface area contributed by atoms with Crippen molar-refractivity contribution in [1.82, 2.24) is 15.1 Å². The number of hydrogen-bond acceptors (Lipinski definition) is 5. The Morgan fingerprint density at radius 1 is 1.03 bits per heavy atom. The Hall–Kier alpha value is -3.46. The van der Waals surface area contributed by atoms with Crippen LogP contribution in [-0.2, 0) is 6.18 Å². The zero-order valence-corrected chi connectivity index (χ0v) is 18.0. The van der Waals surface area contributed by atoms with Crippen molar-refractivity contribution < 1.29 is 22.1 Å². The van der Waals surface area contributed by atoms with Gasteiger partial charge in [-0.15, -0.1) is 0 Å². The van der Waals surface area contributed by atoms with E-state index < -0.39 is 17.6 Å². The molecule has 2 aromatic heterocycles. The lowest BCUT2D eigenvalue weighted by atomic mass is 9.96. The second-order valence-electron chi connectivity index (χ2n) is 7.14. The van der Waals surface area contributed by atoms with Crippen molar-refractivity contribution in [2.24, 2.45) is 0 Å². The van der Waals surface area contributed by atoms with Crippen molar-refractivity contribution in [1.29, 1.82) is 0 Å². The zero-order valence-electron chi connectivity index (χ0n) is 17.3. The highest BCUT2D eigenvalue weighted by atomic mass is 35.5. The van der Waals surface area contributed by atoms with Crippen molar-refractivity contribution in [3.8, 4) is 34.0 Å². The van der Waals surface area contributed by atoms with Gasteiger partial charge in [0.1, 0.15) is 11.6 Å². The van der Waals surface area contributed by atoms with Crippen LogP contribution in [-0.4, -0.2) is 21.7 Å². The first-order valence-corrected chi connectivity index (χ1v) is 10.4. The fourth-order valence-electron chi connectivity index (χ4n) is 3.22. The zero-order chi connectivity index (χ0) is 23.6. The van der Waals surface area contributed by atoms with E-state index in [2.05, 4.69) is 20.4 Å². The molecule has 170 valence electrons. The minimum absolute atomic E-state index is 0.0430. The smallest absolute Gasteiger partial charge is 0.369 e. The Kier molecular flexibility index (Phi) is 6.33. The van der Waals surface area contributed by atoms with Gasteiger partial charge in [0.05, 0.1) is 10.6 Å². The van der Waals surface area contributed by atoms with E-state index in [4.69, 9.17) is 16.1 Å². The van der Waals surface area contributed by atoms with E-state index in [1.165, 1.54) is 36.5 Å². The van der Waals surface area contributed by atoms with Crippen molar-refractivity contribution in [3.05, 3.63) is 71.1 Å². The van der Waals surface area contributed by atoms with Crippen LogP contribution >= 0.6 is 11.6 Å². The second-order valence-corrected chi connectivity index (χ2v) is 7.55. The predicted molar refractivity (Wildman–Crippen MR) is 117 cm³/mol. The molecule has 1 N–H and O–H groups in total. The van der Waals surface area contributed by atoms with Gasteiger partial charge < -0.3 is 9.84 Å². The standard InChI is InChI=1S/C23H17ClF4N4O/c1-2-9-29-21-18(24)11-14(12-30-21)20-31-22(33-32-20)13-7-8-15(17(10-13)23(26,27)28)16-5-3-4-6-19(16)25/h3-8,10-12H,2,9H2,1H3,(H,29,30). The topological polar surface area (TPSA) is 63.8 Å². The summed E-state index contributed by atoms with van der Waals surface area (Å²) in [6.45, 7) is 2.70. The lowest BCUT2D eigenvalue weighted by molar-refractivity contribution is -0.137. The number of hydrogen-bond donors (Lipinski definition) is 1. The molecule has 33 heavy (non-hydrogen) atoms. The Labute approximate surface area is 191 Å². The maximum absolute atomic E-state index is 14.2. The number of benzene rings is 2. The lowest BCUT2D eigenvalue weighted by Crippen LogP contribution is -2.08. The number of rotatable bonds is 6. The molecule has 2 aromatic carbocycles. The molecule has 0 aliphatic carbocycles. The molecular weight excluding hydrogens is 460 g/mol. The number of aromatic nitrogens is 3. The van der Waals surface area contributed by atoms with Crippen LogP contribution in [0.4, 0.5) is 23.4 Å². The molecular formula is C23H17ClF4N4O. The first-order chi connectivity index (χ1) is 15.8. The molecule has 4 aromatic rings. The lowest BCUT2D eigenvalue weighted by Gasteiger charge is -2.14. The number of nitrogens with one attached hydrogen (secondary N) is 1. The van der Waals surface area contributed by atoms with Crippen LogP contribution in [0, 0.1) is 5.82 Å². The van der Waals surface area contributed by atoms with Gasteiger partial charge in [0.2, 0.25) is 5.82 Å². The summed E-state index contributed by atoms with van der Waals surface area (Å²) >= 11 is 6.23. The number of anilines is 1. The van der Waals surface area contributed by atoms with Crippen molar-refractivity contribution in [3.63, 3.8) is 0 Å². The van der Waals surface area contributed by atoms with E-state index in [1.807, 2.05) is 6.92 Å². The summed E-state index contributed by atoms with van der Waals surface area (Å²) < 4.78 is 60.7. The molecule has 0 saturated carbocycles. The average Bonchev–Trinajstić information content (AvgIpc) is 3.28. The minimum Gasteiger partial charge on any atom is -0.369 e. The highest BCUT2D eigenvalue weighted by Crippen LogP contribution is 2.40. The fourth-order valence-corrected chi connectivity index (χ4v) is 3.45. The summed E-state index contributed by atoms with van der Waals surface area (Å²) in [7, 11) is 0. The van der Waals surface area contributed by atoms with Crippen LogP contribution < -0.4 is 5.32 Å². The first kappa shape index (κ1) is 22.7. The number of nitrogens with zero attached hydrogens (tertiary/aromatic N) is 3. The third kappa shape index (κ3) is 4.83. The summed E-state index contributed by atoms with van der Waals surface area (Å²) in [5, 5.41) is 7.26. The maximum atomic E-state index is 14.2. The monoisotopic (exact) mass is 476 g/mol. The number of halogens is 5. The molecule has 0 saturated heterocycles. The van der Waals surface area contributed by atoms with Gasteiger partial charge in [-0.3, -0.25) is 0 Å². The van der Waals surface area contributed by atoms with Gasteiger partial charge >= 0.3 is 6.18 Å². The SMILES string of the molecule is CCCNc1ncc(-c2noc(-c3ccc(-c4ccccc4F)c(C(F)(F)F)c3)n2)cc1Cl. The fraction of sp³-hybridized carbons (Fsp3) is 0.174. The summed E-state index contributed by atoms with van der Waals surface area (Å²) in [5.74, 6) is -0.255. The van der Waals surface area contributed by atoms with Crippen LogP contribution in [0.15, 0.2) is 59.3 Å². The second kappa shape index (κ2) is 9.19. The highest BCUT2D eigenvalue weighted by Gasteiger charge is 2.35. The van der Waals surface area contributed by atoms with Crippen molar-refractivity contribution in [2.45, 2.75) is 19.5 Å². The molecule has 0 aliphatic heterocycles.